The maximum absolute atomic E-state index is 12.2. The molecule has 4 N–H and O–H groups in total. The van der Waals surface area contributed by atoms with Gasteiger partial charge >= 0.3 is 0 Å². The van der Waals surface area contributed by atoms with Gasteiger partial charge in [-0.15, -0.1) is 12.4 Å². The van der Waals surface area contributed by atoms with Crippen LogP contribution >= 0.6 is 24.0 Å². The minimum absolute atomic E-state index is 0. The molecule has 1 amide bonds. The Morgan fingerprint density at radius 3 is 2.86 bits per heavy atom. The summed E-state index contributed by atoms with van der Waals surface area (Å²) in [6.45, 7) is 1.76. The van der Waals surface area contributed by atoms with Gasteiger partial charge in [0.25, 0.3) is 0 Å². The maximum atomic E-state index is 12.2. The maximum Gasteiger partial charge on any atom is 0.238 e. The number of carbonyl (C=O) groups is 1. The number of hydrogen-bond donors (Lipinski definition) is 4. The van der Waals surface area contributed by atoms with E-state index in [1.807, 2.05) is 24.3 Å². The highest BCUT2D eigenvalue weighted by atomic mass is 35.5. The highest BCUT2D eigenvalue weighted by Gasteiger charge is 2.31. The van der Waals surface area contributed by atoms with Gasteiger partial charge in [-0.3, -0.25) is 4.79 Å². The fourth-order valence-corrected chi connectivity index (χ4v) is 3.24. The highest BCUT2D eigenvalue weighted by molar-refractivity contribution is 6.31. The molecule has 5 nitrogen and oxygen atoms in total. The van der Waals surface area contributed by atoms with Crippen molar-refractivity contribution in [2.45, 2.75) is 37.4 Å². The molecule has 2 heterocycles. The van der Waals surface area contributed by atoms with Crippen molar-refractivity contribution < 1.29 is 4.79 Å². The van der Waals surface area contributed by atoms with E-state index in [9.17, 15) is 4.79 Å². The van der Waals surface area contributed by atoms with Gasteiger partial charge in [0.2, 0.25) is 5.91 Å². The highest BCUT2D eigenvalue weighted by Crippen LogP contribution is 2.28. The fourth-order valence-electron chi connectivity index (χ4n) is 2.97. The molecule has 22 heavy (non-hydrogen) atoms. The number of rotatable bonds is 4. The Balaban J connectivity index is 0.00000176. The summed E-state index contributed by atoms with van der Waals surface area (Å²) in [7, 11) is 0. The predicted octanol–water partition coefficient (Wildman–Crippen LogP) is 1.54. The molecule has 0 saturated carbocycles. The van der Waals surface area contributed by atoms with Crippen molar-refractivity contribution in [3.05, 3.63) is 34.9 Å². The van der Waals surface area contributed by atoms with Crippen molar-refractivity contribution in [1.82, 2.24) is 21.5 Å². The molecule has 7 heteroatoms. The molecule has 3 rings (SSSR count). The van der Waals surface area contributed by atoms with Crippen molar-refractivity contribution in [3.8, 4) is 0 Å². The van der Waals surface area contributed by atoms with Gasteiger partial charge in [0, 0.05) is 23.7 Å². The molecule has 3 unspecified atom stereocenters. The molecule has 0 radical (unpaired) electrons. The Morgan fingerprint density at radius 1 is 1.32 bits per heavy atom. The van der Waals surface area contributed by atoms with Crippen molar-refractivity contribution >= 4 is 29.9 Å². The SMILES string of the molecule is Cl.O=C(NCC1CCCN1)C1CC(c2ccccc2Cl)NN1. The zero-order valence-corrected chi connectivity index (χ0v) is 13.8. The van der Waals surface area contributed by atoms with Gasteiger partial charge in [0.1, 0.15) is 6.04 Å². The lowest BCUT2D eigenvalue weighted by Crippen LogP contribution is -2.46. The Kier molecular flexibility index (Phi) is 6.47. The summed E-state index contributed by atoms with van der Waals surface area (Å²) in [4.78, 5) is 12.2. The summed E-state index contributed by atoms with van der Waals surface area (Å²) in [6, 6.07) is 8.01. The van der Waals surface area contributed by atoms with Gasteiger partial charge in [-0.25, -0.2) is 10.9 Å². The molecule has 0 spiro atoms. The zero-order valence-electron chi connectivity index (χ0n) is 12.3. The zero-order chi connectivity index (χ0) is 14.7. The first-order valence-corrected chi connectivity index (χ1v) is 7.88. The second-order valence-electron chi connectivity index (χ2n) is 5.69. The molecule has 1 aromatic rings. The third kappa shape index (κ3) is 4.12. The number of amides is 1. The smallest absolute Gasteiger partial charge is 0.238 e. The predicted molar refractivity (Wildman–Crippen MR) is 90.2 cm³/mol. The molecular weight excluding hydrogens is 323 g/mol. The van der Waals surface area contributed by atoms with Crippen molar-refractivity contribution in [3.63, 3.8) is 0 Å². The molecule has 0 aliphatic carbocycles. The second-order valence-corrected chi connectivity index (χ2v) is 6.10. The molecule has 0 aromatic heterocycles. The lowest BCUT2D eigenvalue weighted by atomic mass is 10.0. The number of benzene rings is 1. The van der Waals surface area contributed by atoms with Crippen LogP contribution in [-0.2, 0) is 4.79 Å². The molecule has 2 aliphatic heterocycles. The quantitative estimate of drug-likeness (QED) is 0.669. The molecule has 2 saturated heterocycles. The molecule has 3 atom stereocenters. The molecule has 1 aromatic carbocycles. The van der Waals surface area contributed by atoms with Gasteiger partial charge in [0.15, 0.2) is 0 Å². The fraction of sp³-hybridized carbons (Fsp3) is 0.533. The van der Waals surface area contributed by atoms with E-state index in [0.29, 0.717) is 19.0 Å². The van der Waals surface area contributed by atoms with E-state index < -0.39 is 0 Å². The van der Waals surface area contributed by atoms with Crippen LogP contribution in [0.25, 0.3) is 0 Å². The number of hydrogen-bond acceptors (Lipinski definition) is 4. The van der Waals surface area contributed by atoms with E-state index in [1.54, 1.807) is 0 Å². The van der Waals surface area contributed by atoms with Crippen LogP contribution in [0.2, 0.25) is 5.02 Å². The summed E-state index contributed by atoms with van der Waals surface area (Å²) in [6.07, 6.45) is 3.03. The van der Waals surface area contributed by atoms with Crippen LogP contribution in [0, 0.1) is 0 Å². The monoisotopic (exact) mass is 344 g/mol. The molecule has 2 aliphatic rings. The largest absolute Gasteiger partial charge is 0.353 e. The first-order chi connectivity index (χ1) is 10.2. The van der Waals surface area contributed by atoms with Crippen LogP contribution in [-0.4, -0.2) is 31.1 Å². The van der Waals surface area contributed by atoms with Crippen LogP contribution in [0.5, 0.6) is 0 Å². The van der Waals surface area contributed by atoms with Gasteiger partial charge in [-0.1, -0.05) is 29.8 Å². The van der Waals surface area contributed by atoms with Crippen LogP contribution in [0.15, 0.2) is 24.3 Å². The van der Waals surface area contributed by atoms with Crippen molar-refractivity contribution in [1.29, 1.82) is 0 Å². The lowest BCUT2D eigenvalue weighted by molar-refractivity contribution is -0.122. The van der Waals surface area contributed by atoms with E-state index >= 15 is 0 Å². The average molecular weight is 345 g/mol. The Labute approximate surface area is 141 Å². The topological polar surface area (TPSA) is 65.2 Å². The third-order valence-electron chi connectivity index (χ3n) is 4.19. The van der Waals surface area contributed by atoms with Crippen LogP contribution in [0.3, 0.4) is 0 Å². The van der Waals surface area contributed by atoms with E-state index in [4.69, 9.17) is 11.6 Å². The summed E-state index contributed by atoms with van der Waals surface area (Å²) >= 11 is 6.20. The van der Waals surface area contributed by atoms with E-state index in [0.717, 1.165) is 23.6 Å². The number of halogens is 2. The Bertz CT molecular complexity index is 508. The van der Waals surface area contributed by atoms with Gasteiger partial charge in [-0.2, -0.15) is 0 Å². The number of hydrazine groups is 1. The summed E-state index contributed by atoms with van der Waals surface area (Å²) < 4.78 is 0. The van der Waals surface area contributed by atoms with Gasteiger partial charge < -0.3 is 10.6 Å². The second kappa shape index (κ2) is 8.13. The van der Waals surface area contributed by atoms with Crippen LogP contribution < -0.4 is 21.5 Å². The van der Waals surface area contributed by atoms with E-state index in [2.05, 4.69) is 21.5 Å². The van der Waals surface area contributed by atoms with E-state index in [-0.39, 0.29) is 30.4 Å². The first kappa shape index (κ1) is 17.5. The van der Waals surface area contributed by atoms with E-state index in [1.165, 1.54) is 6.42 Å². The summed E-state index contributed by atoms with van der Waals surface area (Å²) in [5.74, 6) is 0.0470. The number of carbonyl (C=O) groups excluding carboxylic acids is 1. The average Bonchev–Trinajstić information content (AvgIpc) is 3.17. The first-order valence-electron chi connectivity index (χ1n) is 7.50. The Hall–Kier alpha value is -0.850. The van der Waals surface area contributed by atoms with Crippen LogP contribution in [0.1, 0.15) is 30.9 Å². The lowest BCUT2D eigenvalue weighted by Gasteiger charge is -2.14. The van der Waals surface area contributed by atoms with Crippen LogP contribution in [0.4, 0.5) is 0 Å². The Morgan fingerprint density at radius 2 is 2.14 bits per heavy atom. The van der Waals surface area contributed by atoms with Gasteiger partial charge in [0.05, 0.1) is 0 Å². The van der Waals surface area contributed by atoms with Crippen molar-refractivity contribution in [2.75, 3.05) is 13.1 Å². The molecular formula is C15H22Cl2N4O. The normalized spacial score (nSPS) is 27.4. The molecule has 0 bridgehead atoms. The third-order valence-corrected chi connectivity index (χ3v) is 4.53. The minimum atomic E-state index is -0.215. The summed E-state index contributed by atoms with van der Waals surface area (Å²) in [5.41, 5.74) is 7.26. The summed E-state index contributed by atoms with van der Waals surface area (Å²) in [5, 5.41) is 7.12. The molecule has 122 valence electrons. The number of nitrogens with one attached hydrogen (secondary N) is 4. The standard InChI is InChI=1S/C15H21ClN4O.ClH/c16-12-6-2-1-5-11(12)13-8-14(20-19-13)15(21)18-9-10-4-3-7-17-10;/h1-2,5-6,10,13-14,17,19-20H,3-4,7-9H2,(H,18,21);1H. The minimum Gasteiger partial charge on any atom is -0.353 e. The van der Waals surface area contributed by atoms with Crippen molar-refractivity contribution in [2.24, 2.45) is 0 Å². The molecule has 2 fully saturated rings. The van der Waals surface area contributed by atoms with Gasteiger partial charge in [-0.05, 0) is 37.4 Å².